The number of halogens is 2. The van der Waals surface area contributed by atoms with Crippen LogP contribution < -0.4 is 5.32 Å². The smallest absolute Gasteiger partial charge is 0.259 e. The average Bonchev–Trinajstić information content (AvgIpc) is 3.25. The van der Waals surface area contributed by atoms with Crippen molar-refractivity contribution >= 4 is 50.5 Å². The molecule has 4 aromatic rings. The van der Waals surface area contributed by atoms with Crippen LogP contribution in [-0.2, 0) is 6.54 Å². The number of hydrogen-bond acceptors (Lipinski definition) is 5. The molecule has 0 spiro atoms. The summed E-state index contributed by atoms with van der Waals surface area (Å²) in [6.07, 6.45) is 0. The van der Waals surface area contributed by atoms with Crippen molar-refractivity contribution in [3.63, 3.8) is 0 Å². The molecule has 0 radical (unpaired) electrons. The third kappa shape index (κ3) is 3.31. The topological polar surface area (TPSA) is 68.0 Å². The fourth-order valence-corrected chi connectivity index (χ4v) is 4.02. The van der Waals surface area contributed by atoms with Gasteiger partial charge in [0.25, 0.3) is 11.8 Å². The molecule has 8 heteroatoms. The van der Waals surface area contributed by atoms with Crippen LogP contribution in [0.2, 0.25) is 10.0 Å². The molecule has 5 nitrogen and oxygen atoms in total. The minimum atomic E-state index is -0.208. The predicted octanol–water partition coefficient (Wildman–Crippen LogP) is 5.19. The van der Waals surface area contributed by atoms with E-state index in [-0.39, 0.29) is 12.5 Å². The molecule has 2 heterocycles. The van der Waals surface area contributed by atoms with Crippen LogP contribution in [0.3, 0.4) is 0 Å². The van der Waals surface area contributed by atoms with Gasteiger partial charge in [0.2, 0.25) is 5.89 Å². The van der Waals surface area contributed by atoms with Gasteiger partial charge in [0.05, 0.1) is 11.6 Å². The average molecular weight is 404 g/mol. The summed E-state index contributed by atoms with van der Waals surface area (Å²) in [5.74, 6) is 0.409. The van der Waals surface area contributed by atoms with E-state index in [9.17, 15) is 4.79 Å². The number of amides is 1. The van der Waals surface area contributed by atoms with Gasteiger partial charge in [-0.25, -0.2) is 0 Å². The van der Waals surface area contributed by atoms with Gasteiger partial charge in [0, 0.05) is 20.7 Å². The highest BCUT2D eigenvalue weighted by atomic mass is 35.5. The van der Waals surface area contributed by atoms with E-state index in [4.69, 9.17) is 27.6 Å². The summed E-state index contributed by atoms with van der Waals surface area (Å²) in [5.41, 5.74) is 0.566. The number of fused-ring (bicyclic) bond motifs is 1. The van der Waals surface area contributed by atoms with Gasteiger partial charge in [-0.05, 0) is 30.3 Å². The second-order valence-electron chi connectivity index (χ2n) is 5.44. The Hall–Kier alpha value is -2.41. The molecule has 0 saturated carbocycles. The van der Waals surface area contributed by atoms with E-state index >= 15 is 0 Å². The first-order valence-electron chi connectivity index (χ1n) is 7.65. The Bertz CT molecular complexity index is 1090. The number of carbonyl (C=O) groups excluding carboxylic acids is 1. The lowest BCUT2D eigenvalue weighted by atomic mass is 10.2. The maximum Gasteiger partial charge on any atom is 0.259 e. The molecule has 0 saturated heterocycles. The second-order valence-corrected chi connectivity index (χ2v) is 7.30. The first-order valence-corrected chi connectivity index (χ1v) is 9.22. The fraction of sp³-hybridized carbons (Fsp3) is 0.0556. The SMILES string of the molecule is O=C(NCc1nnc(-c2sc3ccc(Cl)cc3c2Cl)o1)c1ccccc1. The van der Waals surface area contributed by atoms with Crippen LogP contribution in [0.4, 0.5) is 0 Å². The van der Waals surface area contributed by atoms with Crippen molar-refractivity contribution in [3.05, 3.63) is 70.0 Å². The molecule has 0 aliphatic heterocycles. The highest BCUT2D eigenvalue weighted by Crippen LogP contribution is 2.42. The molecule has 0 aliphatic carbocycles. The van der Waals surface area contributed by atoms with Crippen LogP contribution in [0.5, 0.6) is 0 Å². The quantitative estimate of drug-likeness (QED) is 0.509. The van der Waals surface area contributed by atoms with Crippen LogP contribution in [-0.4, -0.2) is 16.1 Å². The molecule has 4 rings (SSSR count). The van der Waals surface area contributed by atoms with E-state index in [1.807, 2.05) is 12.1 Å². The number of nitrogens with zero attached hydrogens (tertiary/aromatic N) is 2. The largest absolute Gasteiger partial charge is 0.418 e. The standard InChI is InChI=1S/C18H11Cl2N3O2S/c19-11-6-7-13-12(8-11)15(20)16(26-13)18-23-22-14(25-18)9-21-17(24)10-4-2-1-3-5-10/h1-8H,9H2,(H,21,24). The van der Waals surface area contributed by atoms with E-state index in [2.05, 4.69) is 15.5 Å². The van der Waals surface area contributed by atoms with E-state index in [1.54, 1.807) is 36.4 Å². The van der Waals surface area contributed by atoms with Crippen molar-refractivity contribution in [2.45, 2.75) is 6.54 Å². The second kappa shape index (κ2) is 7.07. The Morgan fingerprint density at radius 3 is 2.73 bits per heavy atom. The maximum absolute atomic E-state index is 12.1. The summed E-state index contributed by atoms with van der Waals surface area (Å²) in [6.45, 7) is 0.134. The van der Waals surface area contributed by atoms with Gasteiger partial charge >= 0.3 is 0 Å². The summed E-state index contributed by atoms with van der Waals surface area (Å²) < 4.78 is 6.63. The summed E-state index contributed by atoms with van der Waals surface area (Å²) in [4.78, 5) is 12.7. The Balaban J connectivity index is 1.53. The number of thiophene rings is 1. The van der Waals surface area contributed by atoms with Crippen LogP contribution in [0.1, 0.15) is 16.2 Å². The number of nitrogens with one attached hydrogen (secondary N) is 1. The molecule has 2 aromatic heterocycles. The molecule has 2 aromatic carbocycles. The lowest BCUT2D eigenvalue weighted by Gasteiger charge is -2.01. The van der Waals surface area contributed by atoms with Crippen molar-refractivity contribution in [1.82, 2.24) is 15.5 Å². The number of benzene rings is 2. The van der Waals surface area contributed by atoms with E-state index in [1.165, 1.54) is 11.3 Å². The minimum Gasteiger partial charge on any atom is -0.418 e. The first-order chi connectivity index (χ1) is 12.6. The van der Waals surface area contributed by atoms with Gasteiger partial charge in [-0.2, -0.15) is 0 Å². The number of aromatic nitrogens is 2. The molecule has 26 heavy (non-hydrogen) atoms. The zero-order chi connectivity index (χ0) is 18.1. The third-order valence-electron chi connectivity index (χ3n) is 3.69. The van der Waals surface area contributed by atoms with E-state index in [0.717, 1.165) is 10.1 Å². The van der Waals surface area contributed by atoms with Crippen LogP contribution in [0.25, 0.3) is 20.9 Å². The Morgan fingerprint density at radius 1 is 1.12 bits per heavy atom. The molecule has 1 amide bonds. The lowest BCUT2D eigenvalue weighted by Crippen LogP contribution is -2.22. The third-order valence-corrected chi connectivity index (χ3v) is 5.59. The van der Waals surface area contributed by atoms with Gasteiger partial charge in [-0.1, -0.05) is 41.4 Å². The maximum atomic E-state index is 12.1. The summed E-state index contributed by atoms with van der Waals surface area (Å²) in [6, 6.07) is 14.4. The number of carbonyl (C=O) groups is 1. The molecule has 0 aliphatic rings. The lowest BCUT2D eigenvalue weighted by molar-refractivity contribution is 0.0947. The molecule has 0 atom stereocenters. The van der Waals surface area contributed by atoms with Gasteiger partial charge in [-0.3, -0.25) is 4.79 Å². The van der Waals surface area contributed by atoms with Gasteiger partial charge in [-0.15, -0.1) is 21.5 Å². The van der Waals surface area contributed by atoms with Crippen LogP contribution in [0, 0.1) is 0 Å². The molecule has 0 unspecified atom stereocenters. The number of hydrogen-bond donors (Lipinski definition) is 1. The highest BCUT2D eigenvalue weighted by Gasteiger charge is 2.18. The van der Waals surface area contributed by atoms with Gasteiger partial charge in [0.1, 0.15) is 4.88 Å². The van der Waals surface area contributed by atoms with Crippen LogP contribution in [0.15, 0.2) is 52.9 Å². The van der Waals surface area contributed by atoms with Crippen LogP contribution >= 0.6 is 34.5 Å². The van der Waals surface area contributed by atoms with E-state index < -0.39 is 0 Å². The number of rotatable bonds is 4. The fourth-order valence-electron chi connectivity index (χ4n) is 2.44. The molecular weight excluding hydrogens is 393 g/mol. The van der Waals surface area contributed by atoms with Crippen molar-refractivity contribution < 1.29 is 9.21 Å². The Labute approximate surface area is 162 Å². The van der Waals surface area contributed by atoms with Gasteiger partial charge < -0.3 is 9.73 Å². The Morgan fingerprint density at radius 2 is 1.92 bits per heavy atom. The Kier molecular flexibility index (Phi) is 4.63. The molecule has 0 bridgehead atoms. The molecule has 0 fully saturated rings. The zero-order valence-electron chi connectivity index (χ0n) is 13.2. The summed E-state index contributed by atoms with van der Waals surface area (Å²) in [5, 5.41) is 12.7. The van der Waals surface area contributed by atoms with Crippen molar-refractivity contribution in [1.29, 1.82) is 0 Å². The highest BCUT2D eigenvalue weighted by molar-refractivity contribution is 7.23. The normalized spacial score (nSPS) is 11.0. The summed E-state index contributed by atoms with van der Waals surface area (Å²) >= 11 is 13.9. The molecular formula is C18H11Cl2N3O2S. The van der Waals surface area contributed by atoms with Crippen molar-refractivity contribution in [2.24, 2.45) is 0 Å². The van der Waals surface area contributed by atoms with Crippen molar-refractivity contribution in [2.75, 3.05) is 0 Å². The van der Waals surface area contributed by atoms with E-state index in [0.29, 0.717) is 32.3 Å². The minimum absolute atomic E-state index is 0.134. The zero-order valence-corrected chi connectivity index (χ0v) is 15.5. The molecule has 1 N–H and O–H groups in total. The molecule has 130 valence electrons. The predicted molar refractivity (Wildman–Crippen MR) is 103 cm³/mol. The monoisotopic (exact) mass is 403 g/mol. The van der Waals surface area contributed by atoms with Gasteiger partial charge in [0.15, 0.2) is 0 Å². The summed E-state index contributed by atoms with van der Waals surface area (Å²) in [7, 11) is 0. The first kappa shape index (κ1) is 17.0. The van der Waals surface area contributed by atoms with Crippen molar-refractivity contribution in [3.8, 4) is 10.8 Å².